The monoisotopic (exact) mass is 313 g/mol. The van der Waals surface area contributed by atoms with E-state index in [0.29, 0.717) is 18.8 Å². The molecule has 3 rings (SSSR count). The number of rotatable bonds is 6. The number of hydrogen-bond donors (Lipinski definition) is 1. The van der Waals surface area contributed by atoms with Gasteiger partial charge in [-0.1, -0.05) is 0 Å². The molecule has 0 unspecified atom stereocenters. The fraction of sp³-hybridized carbons (Fsp3) is 0.312. The van der Waals surface area contributed by atoms with E-state index in [-0.39, 0.29) is 5.91 Å². The van der Waals surface area contributed by atoms with Gasteiger partial charge in [-0.05, 0) is 25.1 Å². The highest BCUT2D eigenvalue weighted by Gasteiger charge is 2.08. The van der Waals surface area contributed by atoms with E-state index in [1.807, 2.05) is 36.0 Å². The molecule has 1 amide bonds. The molecule has 7 heteroatoms. The standard InChI is InChI=1S/C16H19N5O2/c1-3-20-8-6-15(19-20)18-16(22)7-9-21-14-5-4-13(23-2)10-12(14)11-17-21/h4-6,8,10-11H,3,7,9H2,1-2H3,(H,18,19,22). The molecule has 0 saturated heterocycles. The van der Waals surface area contributed by atoms with E-state index in [1.165, 1.54) is 0 Å². The van der Waals surface area contributed by atoms with Crippen LogP contribution in [-0.2, 0) is 17.9 Å². The highest BCUT2D eigenvalue weighted by Crippen LogP contribution is 2.20. The van der Waals surface area contributed by atoms with Crippen molar-refractivity contribution in [2.75, 3.05) is 12.4 Å². The Balaban J connectivity index is 1.62. The van der Waals surface area contributed by atoms with Gasteiger partial charge in [0.05, 0.1) is 25.4 Å². The zero-order valence-corrected chi connectivity index (χ0v) is 13.2. The van der Waals surface area contributed by atoms with Crippen LogP contribution in [0.2, 0.25) is 0 Å². The largest absolute Gasteiger partial charge is 0.497 e. The van der Waals surface area contributed by atoms with E-state index in [1.54, 1.807) is 24.1 Å². The number of ether oxygens (including phenoxy) is 1. The Morgan fingerprint density at radius 3 is 2.96 bits per heavy atom. The van der Waals surface area contributed by atoms with E-state index >= 15 is 0 Å². The van der Waals surface area contributed by atoms with Gasteiger partial charge in [0.1, 0.15) is 5.75 Å². The molecule has 2 aromatic heterocycles. The fourth-order valence-electron chi connectivity index (χ4n) is 2.39. The van der Waals surface area contributed by atoms with Gasteiger partial charge in [0.15, 0.2) is 5.82 Å². The van der Waals surface area contributed by atoms with Gasteiger partial charge in [0.25, 0.3) is 0 Å². The third kappa shape index (κ3) is 3.33. The van der Waals surface area contributed by atoms with Gasteiger partial charge < -0.3 is 10.1 Å². The number of methoxy groups -OCH3 is 1. The Morgan fingerprint density at radius 2 is 2.22 bits per heavy atom. The number of aryl methyl sites for hydroxylation is 2. The summed E-state index contributed by atoms with van der Waals surface area (Å²) < 4.78 is 8.78. The van der Waals surface area contributed by atoms with Crippen LogP contribution in [0.1, 0.15) is 13.3 Å². The molecular formula is C16H19N5O2. The first-order valence-electron chi connectivity index (χ1n) is 7.52. The lowest BCUT2D eigenvalue weighted by molar-refractivity contribution is -0.116. The molecule has 0 atom stereocenters. The highest BCUT2D eigenvalue weighted by atomic mass is 16.5. The average Bonchev–Trinajstić information content (AvgIpc) is 3.18. The van der Waals surface area contributed by atoms with Gasteiger partial charge in [0, 0.05) is 30.6 Å². The lowest BCUT2D eigenvalue weighted by atomic mass is 10.2. The molecule has 7 nitrogen and oxygen atoms in total. The van der Waals surface area contributed by atoms with Crippen LogP contribution in [0.25, 0.3) is 10.9 Å². The lowest BCUT2D eigenvalue weighted by Gasteiger charge is -2.05. The van der Waals surface area contributed by atoms with Crippen LogP contribution >= 0.6 is 0 Å². The van der Waals surface area contributed by atoms with Crippen LogP contribution in [0.3, 0.4) is 0 Å². The summed E-state index contributed by atoms with van der Waals surface area (Å²) in [4.78, 5) is 12.0. The number of anilines is 1. The van der Waals surface area contributed by atoms with Gasteiger partial charge in [-0.25, -0.2) is 0 Å². The normalized spacial score (nSPS) is 10.9. The molecule has 120 valence electrons. The minimum absolute atomic E-state index is 0.0801. The molecule has 0 aliphatic carbocycles. The number of aromatic nitrogens is 4. The highest BCUT2D eigenvalue weighted by molar-refractivity contribution is 5.89. The molecule has 0 spiro atoms. The Bertz CT molecular complexity index is 821. The summed E-state index contributed by atoms with van der Waals surface area (Å²) in [6.45, 7) is 3.28. The smallest absolute Gasteiger partial charge is 0.227 e. The predicted octanol–water partition coefficient (Wildman–Crippen LogP) is 2.29. The lowest BCUT2D eigenvalue weighted by Crippen LogP contribution is -2.15. The number of nitrogens with zero attached hydrogens (tertiary/aromatic N) is 4. The van der Waals surface area contributed by atoms with Gasteiger partial charge in [-0.3, -0.25) is 14.2 Å². The second-order valence-corrected chi connectivity index (χ2v) is 5.15. The first-order chi connectivity index (χ1) is 11.2. The molecule has 1 N–H and O–H groups in total. The maximum absolute atomic E-state index is 12.0. The van der Waals surface area contributed by atoms with Crippen LogP contribution in [0.5, 0.6) is 5.75 Å². The van der Waals surface area contributed by atoms with E-state index < -0.39 is 0 Å². The maximum Gasteiger partial charge on any atom is 0.227 e. The van der Waals surface area contributed by atoms with Gasteiger partial charge in [-0.15, -0.1) is 0 Å². The number of nitrogens with one attached hydrogen (secondary N) is 1. The molecule has 1 aromatic carbocycles. The molecule has 0 saturated carbocycles. The first kappa shape index (κ1) is 15.1. The van der Waals surface area contributed by atoms with Crippen molar-refractivity contribution in [3.63, 3.8) is 0 Å². The number of hydrogen-bond acceptors (Lipinski definition) is 4. The second kappa shape index (κ2) is 6.51. The number of benzene rings is 1. The third-order valence-electron chi connectivity index (χ3n) is 3.63. The van der Waals surface area contributed by atoms with E-state index in [2.05, 4.69) is 15.5 Å². The number of carbonyl (C=O) groups excluding carboxylic acids is 1. The zero-order chi connectivity index (χ0) is 16.2. The van der Waals surface area contributed by atoms with Crippen molar-refractivity contribution in [3.8, 4) is 5.75 Å². The van der Waals surface area contributed by atoms with E-state index in [4.69, 9.17) is 4.74 Å². The second-order valence-electron chi connectivity index (χ2n) is 5.15. The predicted molar refractivity (Wildman–Crippen MR) is 87.4 cm³/mol. The molecule has 3 aromatic rings. The van der Waals surface area contributed by atoms with Crippen LogP contribution in [-0.4, -0.2) is 32.6 Å². The van der Waals surface area contributed by atoms with Crippen molar-refractivity contribution < 1.29 is 9.53 Å². The van der Waals surface area contributed by atoms with Crippen molar-refractivity contribution >= 4 is 22.6 Å². The number of fused-ring (bicyclic) bond motifs is 1. The minimum atomic E-state index is -0.0801. The number of carbonyl (C=O) groups is 1. The van der Waals surface area contributed by atoms with Crippen LogP contribution in [0.15, 0.2) is 36.7 Å². The summed E-state index contributed by atoms with van der Waals surface area (Å²) in [7, 11) is 1.63. The average molecular weight is 313 g/mol. The van der Waals surface area contributed by atoms with Gasteiger partial charge in [-0.2, -0.15) is 10.2 Å². The van der Waals surface area contributed by atoms with E-state index in [9.17, 15) is 4.79 Å². The topological polar surface area (TPSA) is 74.0 Å². The Morgan fingerprint density at radius 1 is 1.35 bits per heavy atom. The SMILES string of the molecule is CCn1ccc(NC(=O)CCn2ncc3cc(OC)ccc32)n1. The zero-order valence-electron chi connectivity index (χ0n) is 13.2. The molecule has 0 bridgehead atoms. The summed E-state index contributed by atoms with van der Waals surface area (Å²) in [6, 6.07) is 7.55. The van der Waals surface area contributed by atoms with Gasteiger partial charge >= 0.3 is 0 Å². The summed E-state index contributed by atoms with van der Waals surface area (Å²) in [5.41, 5.74) is 0.980. The van der Waals surface area contributed by atoms with Crippen molar-refractivity contribution in [1.29, 1.82) is 0 Å². The number of amides is 1. The Kier molecular flexibility index (Phi) is 4.27. The molecule has 0 fully saturated rings. The Hall–Kier alpha value is -2.83. The van der Waals surface area contributed by atoms with Crippen molar-refractivity contribution in [3.05, 3.63) is 36.7 Å². The first-order valence-corrected chi connectivity index (χ1v) is 7.52. The Labute approximate surface area is 133 Å². The molecule has 0 aliphatic heterocycles. The molecular weight excluding hydrogens is 294 g/mol. The summed E-state index contributed by atoms with van der Waals surface area (Å²) >= 11 is 0. The summed E-state index contributed by atoms with van der Waals surface area (Å²) in [5.74, 6) is 1.29. The molecule has 0 radical (unpaired) electrons. The molecule has 23 heavy (non-hydrogen) atoms. The van der Waals surface area contributed by atoms with Crippen molar-refractivity contribution in [2.45, 2.75) is 26.4 Å². The van der Waals surface area contributed by atoms with Crippen molar-refractivity contribution in [2.24, 2.45) is 0 Å². The molecule has 2 heterocycles. The minimum Gasteiger partial charge on any atom is -0.497 e. The summed E-state index contributed by atoms with van der Waals surface area (Å²) in [5, 5.41) is 12.3. The van der Waals surface area contributed by atoms with Crippen LogP contribution in [0, 0.1) is 0 Å². The van der Waals surface area contributed by atoms with Crippen LogP contribution < -0.4 is 10.1 Å². The third-order valence-corrected chi connectivity index (χ3v) is 3.63. The van der Waals surface area contributed by atoms with E-state index in [0.717, 1.165) is 23.2 Å². The van der Waals surface area contributed by atoms with Crippen LogP contribution in [0.4, 0.5) is 5.82 Å². The fourth-order valence-corrected chi connectivity index (χ4v) is 2.39. The van der Waals surface area contributed by atoms with Gasteiger partial charge in [0.2, 0.25) is 5.91 Å². The maximum atomic E-state index is 12.0. The quantitative estimate of drug-likeness (QED) is 0.757. The summed E-state index contributed by atoms with van der Waals surface area (Å²) in [6.07, 6.45) is 3.95. The van der Waals surface area contributed by atoms with Crippen molar-refractivity contribution in [1.82, 2.24) is 19.6 Å². The molecule has 0 aliphatic rings.